The highest BCUT2D eigenvalue weighted by molar-refractivity contribution is 4.77. The molecule has 1 heteroatoms. The lowest BCUT2D eigenvalue weighted by atomic mass is 10.3. The van der Waals surface area contributed by atoms with Crippen LogP contribution < -0.4 is 0 Å². The van der Waals surface area contributed by atoms with Crippen LogP contribution in [-0.4, -0.2) is 17.6 Å². The van der Waals surface area contributed by atoms with E-state index in [1.54, 1.807) is 0 Å². The summed E-state index contributed by atoms with van der Waals surface area (Å²) in [5.41, 5.74) is 0. The summed E-state index contributed by atoms with van der Waals surface area (Å²) in [5.74, 6) is 0. The SMILES string of the molecule is CC=C[N+](C=CC)(CCC)CCC. The maximum Gasteiger partial charge on any atom is 0.0961 e. The Morgan fingerprint density at radius 3 is 1.46 bits per heavy atom. The van der Waals surface area contributed by atoms with E-state index in [1.165, 1.54) is 25.9 Å². The Bertz CT molecular complexity index is 148. The van der Waals surface area contributed by atoms with E-state index in [0.717, 1.165) is 4.48 Å². The van der Waals surface area contributed by atoms with Crippen molar-refractivity contribution >= 4 is 0 Å². The summed E-state index contributed by atoms with van der Waals surface area (Å²) in [6.45, 7) is 11.1. The highest BCUT2D eigenvalue weighted by Crippen LogP contribution is 2.12. The molecule has 0 heterocycles. The summed E-state index contributed by atoms with van der Waals surface area (Å²) >= 11 is 0. The van der Waals surface area contributed by atoms with Gasteiger partial charge in [0.25, 0.3) is 0 Å². The van der Waals surface area contributed by atoms with Crippen molar-refractivity contribution in [2.75, 3.05) is 13.1 Å². The van der Waals surface area contributed by atoms with Crippen molar-refractivity contribution in [3.05, 3.63) is 24.6 Å². The number of quaternary nitrogens is 1. The monoisotopic (exact) mass is 182 g/mol. The van der Waals surface area contributed by atoms with Crippen LogP contribution in [0, 0.1) is 0 Å². The highest BCUT2D eigenvalue weighted by Gasteiger charge is 2.18. The predicted octanol–water partition coefficient (Wildman–Crippen LogP) is 3.69. The molecule has 0 aliphatic rings. The summed E-state index contributed by atoms with van der Waals surface area (Å²) in [6.07, 6.45) is 11.4. The zero-order valence-electron chi connectivity index (χ0n) is 9.59. The van der Waals surface area contributed by atoms with Crippen LogP contribution >= 0.6 is 0 Å². The molecule has 76 valence electrons. The van der Waals surface area contributed by atoms with Gasteiger partial charge in [-0.25, -0.2) is 0 Å². The van der Waals surface area contributed by atoms with Crippen molar-refractivity contribution < 1.29 is 4.48 Å². The van der Waals surface area contributed by atoms with Gasteiger partial charge >= 0.3 is 0 Å². The van der Waals surface area contributed by atoms with Crippen LogP contribution in [0.3, 0.4) is 0 Å². The Balaban J connectivity index is 4.57. The van der Waals surface area contributed by atoms with E-state index < -0.39 is 0 Å². The maximum absolute atomic E-state index is 2.30. The van der Waals surface area contributed by atoms with Gasteiger partial charge in [0.05, 0.1) is 25.5 Å². The summed E-state index contributed by atoms with van der Waals surface area (Å²) in [5, 5.41) is 0. The zero-order chi connectivity index (χ0) is 10.2. The van der Waals surface area contributed by atoms with Crippen molar-refractivity contribution in [3.8, 4) is 0 Å². The van der Waals surface area contributed by atoms with Gasteiger partial charge in [0.15, 0.2) is 0 Å². The molecule has 13 heavy (non-hydrogen) atoms. The molecule has 0 unspecified atom stereocenters. The fourth-order valence-corrected chi connectivity index (χ4v) is 1.89. The molecular formula is C12H24N+. The fourth-order valence-electron chi connectivity index (χ4n) is 1.89. The van der Waals surface area contributed by atoms with Crippen molar-refractivity contribution in [1.82, 2.24) is 0 Å². The first-order valence-corrected chi connectivity index (χ1v) is 5.38. The lowest BCUT2D eigenvalue weighted by Gasteiger charge is -2.30. The molecular weight excluding hydrogens is 158 g/mol. The van der Waals surface area contributed by atoms with Gasteiger partial charge in [-0.2, -0.15) is 0 Å². The van der Waals surface area contributed by atoms with Crippen molar-refractivity contribution in [1.29, 1.82) is 0 Å². The van der Waals surface area contributed by atoms with E-state index in [2.05, 4.69) is 52.2 Å². The van der Waals surface area contributed by atoms with Crippen molar-refractivity contribution in [2.45, 2.75) is 40.5 Å². The first-order chi connectivity index (χ1) is 6.24. The Morgan fingerprint density at radius 1 is 0.846 bits per heavy atom. The van der Waals surface area contributed by atoms with E-state index in [0.29, 0.717) is 0 Å². The quantitative estimate of drug-likeness (QED) is 0.550. The molecule has 0 spiro atoms. The smallest absolute Gasteiger partial charge is 0.0961 e. The molecule has 0 atom stereocenters. The first-order valence-electron chi connectivity index (χ1n) is 5.38. The Kier molecular flexibility index (Phi) is 6.61. The van der Waals surface area contributed by atoms with Crippen LogP contribution in [0.2, 0.25) is 0 Å². The average Bonchev–Trinajstić information content (AvgIpc) is 2.06. The van der Waals surface area contributed by atoms with Gasteiger partial charge in [0.2, 0.25) is 0 Å². The van der Waals surface area contributed by atoms with Crippen LogP contribution in [-0.2, 0) is 0 Å². The number of allylic oxidation sites excluding steroid dienone is 2. The second-order valence-corrected chi connectivity index (χ2v) is 3.51. The second kappa shape index (κ2) is 6.90. The summed E-state index contributed by atoms with van der Waals surface area (Å²) < 4.78 is 1.01. The lowest BCUT2D eigenvalue weighted by Crippen LogP contribution is -2.38. The molecule has 1 nitrogen and oxygen atoms in total. The van der Waals surface area contributed by atoms with Crippen LogP contribution in [0.15, 0.2) is 24.6 Å². The second-order valence-electron chi connectivity index (χ2n) is 3.51. The molecule has 0 aromatic heterocycles. The van der Waals surface area contributed by atoms with Crippen LogP contribution in [0.4, 0.5) is 0 Å². The minimum atomic E-state index is 1.01. The van der Waals surface area contributed by atoms with Gasteiger partial charge in [-0.3, -0.25) is 4.48 Å². The highest BCUT2D eigenvalue weighted by atomic mass is 15.3. The van der Waals surface area contributed by atoms with E-state index in [-0.39, 0.29) is 0 Å². The molecule has 0 aromatic rings. The lowest BCUT2D eigenvalue weighted by molar-refractivity contribution is -0.828. The zero-order valence-corrected chi connectivity index (χ0v) is 9.59. The van der Waals surface area contributed by atoms with Crippen LogP contribution in [0.5, 0.6) is 0 Å². The molecule has 0 radical (unpaired) electrons. The van der Waals surface area contributed by atoms with E-state index in [1.807, 2.05) is 0 Å². The third-order valence-electron chi connectivity index (χ3n) is 2.17. The predicted molar refractivity (Wildman–Crippen MR) is 60.2 cm³/mol. The van der Waals surface area contributed by atoms with Gasteiger partial charge < -0.3 is 0 Å². The maximum atomic E-state index is 2.30. The van der Waals surface area contributed by atoms with Gasteiger partial charge in [-0.1, -0.05) is 13.8 Å². The summed E-state index contributed by atoms with van der Waals surface area (Å²) in [4.78, 5) is 0. The minimum absolute atomic E-state index is 1.01. The van der Waals surface area contributed by atoms with E-state index >= 15 is 0 Å². The number of nitrogens with zero attached hydrogens (tertiary/aromatic N) is 1. The van der Waals surface area contributed by atoms with Gasteiger partial charge in [-0.15, -0.1) is 0 Å². The third kappa shape index (κ3) is 4.28. The van der Waals surface area contributed by atoms with E-state index in [4.69, 9.17) is 0 Å². The molecule has 0 aromatic carbocycles. The molecule has 0 amide bonds. The molecule has 0 aliphatic carbocycles. The van der Waals surface area contributed by atoms with Crippen LogP contribution in [0.25, 0.3) is 0 Å². The van der Waals surface area contributed by atoms with E-state index in [9.17, 15) is 0 Å². The largest absolute Gasteiger partial charge is 0.272 e. The minimum Gasteiger partial charge on any atom is -0.272 e. The Labute approximate surface area is 83.3 Å². The molecule has 0 saturated heterocycles. The standard InChI is InChI=1S/C12H24N/c1-5-9-13(10-6-2,11-7-3)12-8-4/h5-6,9-10H,7-8,11-12H2,1-4H3/q+1. The fraction of sp³-hybridized carbons (Fsp3) is 0.667. The third-order valence-corrected chi connectivity index (χ3v) is 2.17. The molecule has 0 bridgehead atoms. The Hall–Kier alpha value is -0.560. The normalized spacial score (nSPS) is 13.2. The molecule has 0 aliphatic heterocycles. The van der Waals surface area contributed by atoms with Gasteiger partial charge in [-0.05, 0) is 38.8 Å². The topological polar surface area (TPSA) is 0 Å². The average molecular weight is 182 g/mol. The number of hydrogen-bond donors (Lipinski definition) is 0. The van der Waals surface area contributed by atoms with Crippen molar-refractivity contribution in [3.63, 3.8) is 0 Å². The van der Waals surface area contributed by atoms with Crippen molar-refractivity contribution in [2.24, 2.45) is 0 Å². The first kappa shape index (κ1) is 12.4. The number of hydrogen-bond acceptors (Lipinski definition) is 0. The Morgan fingerprint density at radius 2 is 1.23 bits per heavy atom. The molecule has 0 saturated carbocycles. The molecule has 0 N–H and O–H groups in total. The van der Waals surface area contributed by atoms with Gasteiger partial charge in [0, 0.05) is 0 Å². The summed E-state index contributed by atoms with van der Waals surface area (Å²) in [7, 11) is 0. The van der Waals surface area contributed by atoms with Crippen LogP contribution in [0.1, 0.15) is 40.5 Å². The summed E-state index contributed by atoms with van der Waals surface area (Å²) in [6, 6.07) is 0. The number of rotatable bonds is 6. The van der Waals surface area contributed by atoms with Gasteiger partial charge in [0.1, 0.15) is 0 Å². The molecule has 0 fully saturated rings. The molecule has 0 rings (SSSR count).